The molecule has 0 aromatic rings. The lowest BCUT2D eigenvalue weighted by Crippen LogP contribution is -2.61. The van der Waals surface area contributed by atoms with Gasteiger partial charge in [0.25, 0.3) is 0 Å². The van der Waals surface area contributed by atoms with Crippen molar-refractivity contribution in [2.24, 2.45) is 11.7 Å². The quantitative estimate of drug-likeness (QED) is 0.173. The number of thiol groups is 2. The fourth-order valence-corrected chi connectivity index (χ4v) is 2.39. The van der Waals surface area contributed by atoms with E-state index >= 15 is 0 Å². The molecule has 0 aromatic heterocycles. The number of hydrogen-bond acceptors (Lipinski definition) is 8. The van der Waals surface area contributed by atoms with E-state index in [0.717, 1.165) is 0 Å². The van der Waals surface area contributed by atoms with Gasteiger partial charge in [-0.25, -0.2) is 4.79 Å². The summed E-state index contributed by atoms with van der Waals surface area (Å²) in [5.74, 6) is -3.96. The number of carboxylic acids is 1. The maximum absolute atomic E-state index is 12.5. The van der Waals surface area contributed by atoms with E-state index in [4.69, 9.17) is 10.8 Å². The van der Waals surface area contributed by atoms with Crippen LogP contribution in [-0.4, -0.2) is 75.7 Å². The molecule has 27 heavy (non-hydrogen) atoms. The lowest BCUT2D eigenvalue weighted by atomic mass is 10.0. The highest BCUT2D eigenvalue weighted by Gasteiger charge is 2.33. The van der Waals surface area contributed by atoms with Crippen molar-refractivity contribution in [2.75, 3.05) is 11.5 Å². The summed E-state index contributed by atoms with van der Waals surface area (Å²) in [5.41, 5.74) is 5.53. The molecule has 0 aromatic carbocycles. The number of aliphatic hydroxyl groups is 1. The predicted octanol–water partition coefficient (Wildman–Crippen LogP) is -2.25. The molecule has 0 heterocycles. The van der Waals surface area contributed by atoms with Crippen LogP contribution in [0.5, 0.6) is 0 Å². The Labute approximate surface area is 168 Å². The van der Waals surface area contributed by atoms with Crippen molar-refractivity contribution in [3.63, 3.8) is 0 Å². The molecule has 5 atom stereocenters. The third kappa shape index (κ3) is 8.37. The highest BCUT2D eigenvalue weighted by atomic mass is 32.1. The second kappa shape index (κ2) is 12.1. The minimum Gasteiger partial charge on any atom is -0.480 e. The van der Waals surface area contributed by atoms with Crippen LogP contribution in [0.2, 0.25) is 0 Å². The first-order valence-corrected chi connectivity index (χ1v) is 9.51. The topological polar surface area (TPSA) is 171 Å². The van der Waals surface area contributed by atoms with Crippen LogP contribution in [0.4, 0.5) is 0 Å². The van der Waals surface area contributed by atoms with Crippen LogP contribution in [0.15, 0.2) is 0 Å². The zero-order valence-corrected chi connectivity index (χ0v) is 17.2. The molecule has 3 amide bonds. The molecule has 0 spiro atoms. The minimum atomic E-state index is -1.35. The first-order chi connectivity index (χ1) is 12.5. The number of carbonyl (C=O) groups excluding carboxylic acids is 3. The summed E-state index contributed by atoms with van der Waals surface area (Å²) < 4.78 is 0. The standard InChI is InChI=1S/C15H28N4O6S2/c1-6(2)10(13(22)17-9(5-27)15(24)25)18-14(23)11(7(3)20)19-12(21)8(16)4-26/h6-11,20,26-27H,4-5,16H2,1-3H3,(H,17,22)(H,18,23)(H,19,21)(H,24,25). The van der Waals surface area contributed by atoms with Gasteiger partial charge in [-0.1, -0.05) is 13.8 Å². The molecule has 12 heteroatoms. The summed E-state index contributed by atoms with van der Waals surface area (Å²) in [6.07, 6.45) is -1.26. The van der Waals surface area contributed by atoms with E-state index in [-0.39, 0.29) is 11.5 Å². The summed E-state index contributed by atoms with van der Waals surface area (Å²) in [4.78, 5) is 47.8. The minimum absolute atomic E-state index is 0.0390. The molecule has 7 N–H and O–H groups in total. The Morgan fingerprint density at radius 1 is 0.889 bits per heavy atom. The molecular weight excluding hydrogens is 396 g/mol. The molecule has 0 bridgehead atoms. The van der Waals surface area contributed by atoms with Crippen LogP contribution < -0.4 is 21.7 Å². The smallest absolute Gasteiger partial charge is 0.327 e. The molecule has 0 aliphatic heterocycles. The molecule has 5 unspecified atom stereocenters. The average Bonchev–Trinajstić information content (AvgIpc) is 2.59. The van der Waals surface area contributed by atoms with E-state index in [0.29, 0.717) is 0 Å². The number of nitrogens with two attached hydrogens (primary N) is 1. The Morgan fingerprint density at radius 3 is 1.74 bits per heavy atom. The second-order valence-electron chi connectivity index (χ2n) is 6.33. The first-order valence-electron chi connectivity index (χ1n) is 8.25. The van der Waals surface area contributed by atoms with Crippen LogP contribution >= 0.6 is 25.3 Å². The van der Waals surface area contributed by atoms with Crippen molar-refractivity contribution < 1.29 is 29.4 Å². The van der Waals surface area contributed by atoms with Gasteiger partial charge in [-0.05, 0) is 12.8 Å². The lowest BCUT2D eigenvalue weighted by Gasteiger charge is -2.27. The van der Waals surface area contributed by atoms with E-state index in [9.17, 15) is 24.3 Å². The van der Waals surface area contributed by atoms with Crippen molar-refractivity contribution in [2.45, 2.75) is 51.0 Å². The number of aliphatic hydroxyl groups excluding tert-OH is 1. The van der Waals surface area contributed by atoms with Crippen LogP contribution in [0.25, 0.3) is 0 Å². The van der Waals surface area contributed by atoms with E-state index < -0.39 is 59.9 Å². The molecule has 156 valence electrons. The number of rotatable bonds is 11. The summed E-state index contributed by atoms with van der Waals surface area (Å²) in [6.45, 7) is 4.59. The summed E-state index contributed by atoms with van der Waals surface area (Å²) in [6, 6.07) is -4.63. The van der Waals surface area contributed by atoms with Gasteiger partial charge >= 0.3 is 5.97 Å². The lowest BCUT2D eigenvalue weighted by molar-refractivity contribution is -0.142. The van der Waals surface area contributed by atoms with Gasteiger partial charge in [0, 0.05) is 11.5 Å². The number of aliphatic carboxylic acids is 1. The highest BCUT2D eigenvalue weighted by Crippen LogP contribution is 2.05. The Hall–Kier alpha value is -1.50. The maximum Gasteiger partial charge on any atom is 0.327 e. The van der Waals surface area contributed by atoms with Crippen LogP contribution in [0, 0.1) is 5.92 Å². The fraction of sp³-hybridized carbons (Fsp3) is 0.733. The fourth-order valence-electron chi connectivity index (χ4n) is 1.97. The second-order valence-corrected chi connectivity index (χ2v) is 7.06. The summed E-state index contributed by atoms with van der Waals surface area (Å²) in [7, 11) is 0. The molecule has 0 saturated heterocycles. The Bertz CT molecular complexity index is 546. The van der Waals surface area contributed by atoms with Gasteiger partial charge in [0.15, 0.2) is 0 Å². The molecule has 0 rings (SSSR count). The molecule has 0 aliphatic rings. The zero-order chi connectivity index (χ0) is 21.3. The zero-order valence-electron chi connectivity index (χ0n) is 15.4. The molecule has 0 aliphatic carbocycles. The van der Waals surface area contributed by atoms with Gasteiger partial charge in [-0.3, -0.25) is 14.4 Å². The van der Waals surface area contributed by atoms with Gasteiger partial charge in [-0.2, -0.15) is 25.3 Å². The number of carboxylic acid groups (broad SMARTS) is 1. The SMILES string of the molecule is CC(C)C(NC(=O)C(NC(=O)C(N)CS)C(C)O)C(=O)NC(CS)C(=O)O. The highest BCUT2D eigenvalue weighted by molar-refractivity contribution is 7.80. The maximum atomic E-state index is 12.5. The molecule has 0 radical (unpaired) electrons. The van der Waals surface area contributed by atoms with E-state index in [1.54, 1.807) is 13.8 Å². The molecule has 0 saturated carbocycles. The number of nitrogens with one attached hydrogen (secondary N) is 3. The van der Waals surface area contributed by atoms with Crippen molar-refractivity contribution in [3.05, 3.63) is 0 Å². The Kier molecular flexibility index (Phi) is 11.4. The van der Waals surface area contributed by atoms with Gasteiger partial charge in [0.05, 0.1) is 12.1 Å². The van der Waals surface area contributed by atoms with Crippen LogP contribution in [0.3, 0.4) is 0 Å². The third-order valence-electron chi connectivity index (χ3n) is 3.64. The first kappa shape index (κ1) is 25.5. The molecular formula is C15H28N4O6S2. The average molecular weight is 425 g/mol. The molecule has 10 nitrogen and oxygen atoms in total. The van der Waals surface area contributed by atoms with E-state index in [2.05, 4.69) is 41.2 Å². The monoisotopic (exact) mass is 424 g/mol. The van der Waals surface area contributed by atoms with Gasteiger partial charge < -0.3 is 31.9 Å². The third-order valence-corrected chi connectivity index (χ3v) is 4.40. The van der Waals surface area contributed by atoms with Crippen LogP contribution in [0.1, 0.15) is 20.8 Å². The summed E-state index contributed by atoms with van der Waals surface area (Å²) >= 11 is 7.76. The van der Waals surface area contributed by atoms with E-state index in [1.807, 2.05) is 0 Å². The predicted molar refractivity (Wildman–Crippen MR) is 106 cm³/mol. The Morgan fingerprint density at radius 2 is 1.37 bits per heavy atom. The Balaban J connectivity index is 5.24. The molecule has 0 fully saturated rings. The summed E-state index contributed by atoms with van der Waals surface area (Å²) in [5, 5.41) is 25.8. The van der Waals surface area contributed by atoms with Gasteiger partial charge in [0.2, 0.25) is 17.7 Å². The normalized spacial score (nSPS) is 16.6. The van der Waals surface area contributed by atoms with Crippen molar-refractivity contribution in [1.82, 2.24) is 16.0 Å². The van der Waals surface area contributed by atoms with Gasteiger partial charge in [-0.15, -0.1) is 0 Å². The van der Waals surface area contributed by atoms with Gasteiger partial charge in [0.1, 0.15) is 18.1 Å². The number of hydrogen-bond donors (Lipinski definition) is 8. The van der Waals surface area contributed by atoms with Crippen molar-refractivity contribution in [1.29, 1.82) is 0 Å². The van der Waals surface area contributed by atoms with Crippen LogP contribution in [-0.2, 0) is 19.2 Å². The largest absolute Gasteiger partial charge is 0.480 e. The number of carbonyl (C=O) groups is 4. The number of amides is 3. The van der Waals surface area contributed by atoms with Crippen molar-refractivity contribution >= 4 is 48.9 Å². The van der Waals surface area contributed by atoms with E-state index in [1.165, 1.54) is 6.92 Å². The van der Waals surface area contributed by atoms with Crippen molar-refractivity contribution in [3.8, 4) is 0 Å².